The number of benzene rings is 3. The molecule has 1 amide bonds. The third kappa shape index (κ3) is 7.95. The van der Waals surface area contributed by atoms with E-state index in [9.17, 15) is 4.79 Å². The molecular formula is C30H35NO6. The quantitative estimate of drug-likeness (QED) is 0.397. The smallest absolute Gasteiger partial charge is 0.217 e. The number of nitrogens with one attached hydrogen (secondary N) is 1. The Balaban J connectivity index is 1.53. The maximum atomic E-state index is 12.2. The van der Waals surface area contributed by atoms with Crippen molar-refractivity contribution >= 4 is 5.91 Å². The van der Waals surface area contributed by atoms with Gasteiger partial charge in [0, 0.05) is 14.0 Å². The molecule has 1 aliphatic heterocycles. The van der Waals surface area contributed by atoms with Gasteiger partial charge in [0.05, 0.1) is 26.4 Å². The summed E-state index contributed by atoms with van der Waals surface area (Å²) in [5, 5.41) is 2.99. The third-order valence-electron chi connectivity index (χ3n) is 6.22. The zero-order valence-electron chi connectivity index (χ0n) is 21.3. The number of carbonyl (C=O) groups excluding carboxylic acids is 1. The fourth-order valence-electron chi connectivity index (χ4n) is 4.44. The molecule has 3 aromatic carbocycles. The first-order valence-corrected chi connectivity index (χ1v) is 12.5. The van der Waals surface area contributed by atoms with Crippen LogP contribution in [0.1, 0.15) is 23.6 Å². The van der Waals surface area contributed by atoms with Gasteiger partial charge in [-0.1, -0.05) is 91.0 Å². The molecule has 7 heteroatoms. The predicted molar refractivity (Wildman–Crippen MR) is 139 cm³/mol. The molecule has 0 saturated carbocycles. The van der Waals surface area contributed by atoms with Gasteiger partial charge in [0.2, 0.25) is 5.91 Å². The summed E-state index contributed by atoms with van der Waals surface area (Å²) in [5.74, 6) is -0.205. The second-order valence-electron chi connectivity index (χ2n) is 9.03. The van der Waals surface area contributed by atoms with E-state index in [1.54, 1.807) is 7.11 Å². The zero-order chi connectivity index (χ0) is 25.9. The standard InChI is InChI=1S/C30H35NO6/c1-22(32)31-27-29(35-19-24-14-8-4-9-15-24)28(33-2)26(21-34-18-23-12-6-3-7-13-23)37-30(27)36-20-25-16-10-5-11-17-25/h3-17,26-30H,18-21H2,1-2H3,(H,31,32)/t26-,27-,28-,29-,30+/m1/s1. The maximum absolute atomic E-state index is 12.2. The molecule has 37 heavy (non-hydrogen) atoms. The van der Waals surface area contributed by atoms with Gasteiger partial charge < -0.3 is 29.0 Å². The molecule has 1 aliphatic rings. The first-order chi connectivity index (χ1) is 18.1. The number of carbonyl (C=O) groups is 1. The minimum atomic E-state index is -0.762. The molecule has 1 N–H and O–H groups in total. The summed E-state index contributed by atoms with van der Waals surface area (Å²) in [7, 11) is 1.62. The van der Waals surface area contributed by atoms with Crippen LogP contribution in [0.3, 0.4) is 0 Å². The molecule has 3 aromatic rings. The number of rotatable bonds is 12. The van der Waals surface area contributed by atoms with E-state index in [2.05, 4.69) is 5.32 Å². The van der Waals surface area contributed by atoms with E-state index in [1.165, 1.54) is 6.92 Å². The monoisotopic (exact) mass is 505 g/mol. The van der Waals surface area contributed by atoms with Crippen LogP contribution in [-0.4, -0.2) is 50.3 Å². The van der Waals surface area contributed by atoms with Crippen molar-refractivity contribution in [3.63, 3.8) is 0 Å². The first kappa shape index (κ1) is 27.0. The summed E-state index contributed by atoms with van der Waals surface area (Å²) < 4.78 is 30.9. The average molecular weight is 506 g/mol. The van der Waals surface area contributed by atoms with E-state index in [-0.39, 0.29) is 12.5 Å². The SMILES string of the molecule is CO[C@H]1[C@H](OCc2ccccc2)[C@@H](NC(C)=O)[C@@H](OCc2ccccc2)O[C@@H]1COCc1ccccc1. The van der Waals surface area contributed by atoms with Gasteiger partial charge >= 0.3 is 0 Å². The van der Waals surface area contributed by atoms with Crippen molar-refractivity contribution in [1.29, 1.82) is 0 Å². The first-order valence-electron chi connectivity index (χ1n) is 12.5. The summed E-state index contributed by atoms with van der Waals surface area (Å²) in [6, 6.07) is 29.1. The molecule has 0 bridgehead atoms. The Hall–Kier alpha value is -3.07. The highest BCUT2D eigenvalue weighted by atomic mass is 16.7. The Morgan fingerprint density at radius 1 is 0.757 bits per heavy atom. The van der Waals surface area contributed by atoms with Crippen molar-refractivity contribution < 1.29 is 28.5 Å². The lowest BCUT2D eigenvalue weighted by atomic mass is 9.96. The highest BCUT2D eigenvalue weighted by molar-refractivity contribution is 5.73. The van der Waals surface area contributed by atoms with Crippen LogP contribution in [0.4, 0.5) is 0 Å². The van der Waals surface area contributed by atoms with E-state index in [0.717, 1.165) is 16.7 Å². The number of hydrogen-bond acceptors (Lipinski definition) is 6. The number of methoxy groups -OCH3 is 1. The van der Waals surface area contributed by atoms with Gasteiger partial charge in [0.25, 0.3) is 0 Å². The fourth-order valence-corrected chi connectivity index (χ4v) is 4.44. The van der Waals surface area contributed by atoms with E-state index in [0.29, 0.717) is 19.8 Å². The van der Waals surface area contributed by atoms with E-state index in [1.807, 2.05) is 91.0 Å². The molecule has 5 atom stereocenters. The topological polar surface area (TPSA) is 75.3 Å². The lowest BCUT2D eigenvalue weighted by molar-refractivity contribution is -0.288. The van der Waals surface area contributed by atoms with E-state index < -0.39 is 30.6 Å². The Labute approximate surface area is 218 Å². The summed E-state index contributed by atoms with van der Waals surface area (Å²) in [5.41, 5.74) is 3.08. The van der Waals surface area contributed by atoms with Crippen LogP contribution in [0.5, 0.6) is 0 Å². The minimum absolute atomic E-state index is 0.205. The lowest BCUT2D eigenvalue weighted by Gasteiger charge is -2.45. The van der Waals surface area contributed by atoms with Crippen molar-refractivity contribution in [3.05, 3.63) is 108 Å². The molecule has 0 spiro atoms. The van der Waals surface area contributed by atoms with Crippen LogP contribution >= 0.6 is 0 Å². The van der Waals surface area contributed by atoms with Crippen LogP contribution < -0.4 is 5.32 Å². The van der Waals surface area contributed by atoms with Gasteiger partial charge in [-0.05, 0) is 16.7 Å². The molecule has 0 unspecified atom stereocenters. The number of amides is 1. The Morgan fingerprint density at radius 2 is 1.27 bits per heavy atom. The summed E-state index contributed by atoms with van der Waals surface area (Å²) in [6.45, 7) is 2.86. The van der Waals surface area contributed by atoms with Gasteiger partial charge in [-0.2, -0.15) is 0 Å². The molecule has 196 valence electrons. The Morgan fingerprint density at radius 3 is 1.78 bits per heavy atom. The predicted octanol–water partition coefficient (Wildman–Crippen LogP) is 4.25. The Bertz CT molecular complexity index is 1070. The van der Waals surface area contributed by atoms with Gasteiger partial charge in [-0.15, -0.1) is 0 Å². The molecule has 4 rings (SSSR count). The van der Waals surface area contributed by atoms with Crippen LogP contribution in [0, 0.1) is 0 Å². The lowest BCUT2D eigenvalue weighted by Crippen LogP contribution is -2.65. The van der Waals surface area contributed by atoms with Gasteiger partial charge in [-0.25, -0.2) is 0 Å². The molecule has 1 saturated heterocycles. The second kappa shape index (κ2) is 14.0. The van der Waals surface area contributed by atoms with Crippen molar-refractivity contribution in [2.75, 3.05) is 13.7 Å². The van der Waals surface area contributed by atoms with Crippen molar-refractivity contribution in [1.82, 2.24) is 5.32 Å². The second-order valence-corrected chi connectivity index (χ2v) is 9.03. The third-order valence-corrected chi connectivity index (χ3v) is 6.22. The van der Waals surface area contributed by atoms with Gasteiger partial charge in [0.1, 0.15) is 24.4 Å². The van der Waals surface area contributed by atoms with Crippen molar-refractivity contribution in [3.8, 4) is 0 Å². The molecule has 1 heterocycles. The van der Waals surface area contributed by atoms with E-state index >= 15 is 0 Å². The zero-order valence-corrected chi connectivity index (χ0v) is 21.3. The molecule has 7 nitrogen and oxygen atoms in total. The average Bonchev–Trinajstić information content (AvgIpc) is 2.93. The highest BCUT2D eigenvalue weighted by Crippen LogP contribution is 2.28. The van der Waals surface area contributed by atoms with Crippen LogP contribution in [0.2, 0.25) is 0 Å². The van der Waals surface area contributed by atoms with Crippen molar-refractivity contribution in [2.24, 2.45) is 0 Å². The molecule has 0 aromatic heterocycles. The van der Waals surface area contributed by atoms with Crippen molar-refractivity contribution in [2.45, 2.75) is 57.4 Å². The summed E-state index contributed by atoms with van der Waals surface area (Å²) >= 11 is 0. The molecular weight excluding hydrogens is 470 g/mol. The van der Waals surface area contributed by atoms with Gasteiger partial charge in [0.15, 0.2) is 6.29 Å². The Kier molecular flexibility index (Phi) is 10.2. The fraction of sp³-hybridized carbons (Fsp3) is 0.367. The van der Waals surface area contributed by atoms with Crippen LogP contribution in [-0.2, 0) is 48.3 Å². The largest absolute Gasteiger partial charge is 0.376 e. The van der Waals surface area contributed by atoms with E-state index in [4.69, 9.17) is 23.7 Å². The van der Waals surface area contributed by atoms with Gasteiger partial charge in [-0.3, -0.25) is 4.79 Å². The summed E-state index contributed by atoms with van der Waals surface area (Å²) in [6.07, 6.45) is -2.26. The molecule has 1 fully saturated rings. The van der Waals surface area contributed by atoms with Crippen LogP contribution in [0.25, 0.3) is 0 Å². The molecule has 0 radical (unpaired) electrons. The number of ether oxygens (including phenoxy) is 5. The highest BCUT2D eigenvalue weighted by Gasteiger charge is 2.48. The number of hydrogen-bond donors (Lipinski definition) is 1. The normalized spacial score (nSPS) is 23.5. The molecule has 0 aliphatic carbocycles. The maximum Gasteiger partial charge on any atom is 0.217 e. The summed E-state index contributed by atoms with van der Waals surface area (Å²) in [4.78, 5) is 12.2. The minimum Gasteiger partial charge on any atom is -0.376 e. The van der Waals surface area contributed by atoms with Crippen LogP contribution in [0.15, 0.2) is 91.0 Å².